The number of hydrogen-bond acceptors (Lipinski definition) is 7. The lowest BCUT2D eigenvalue weighted by Gasteiger charge is -2.16. The molecule has 3 aromatic rings. The maximum atomic E-state index is 13.1. The van der Waals surface area contributed by atoms with Crippen molar-refractivity contribution in [2.45, 2.75) is 37.6 Å². The SMILES string of the molecule is CCOC(=O)c1cccc(NC(=O)CSc2nc3ccccc3c(=O)n2CC2CCCO2)c1. The Hall–Kier alpha value is -3.17. The van der Waals surface area contributed by atoms with Crippen LogP contribution in [0.15, 0.2) is 58.5 Å². The van der Waals surface area contributed by atoms with Crippen molar-refractivity contribution in [3.05, 3.63) is 64.4 Å². The molecule has 9 heteroatoms. The van der Waals surface area contributed by atoms with Crippen LogP contribution in [0.3, 0.4) is 0 Å². The second kappa shape index (κ2) is 10.6. The van der Waals surface area contributed by atoms with E-state index in [1.807, 2.05) is 12.1 Å². The minimum absolute atomic E-state index is 0.0375. The minimum atomic E-state index is -0.443. The molecule has 1 atom stereocenters. The monoisotopic (exact) mass is 467 g/mol. The Morgan fingerprint density at radius 3 is 2.88 bits per heavy atom. The molecule has 0 spiro atoms. The summed E-state index contributed by atoms with van der Waals surface area (Å²) >= 11 is 1.20. The topological polar surface area (TPSA) is 99.5 Å². The molecular weight excluding hydrogens is 442 g/mol. The summed E-state index contributed by atoms with van der Waals surface area (Å²) in [5.74, 6) is -0.659. The largest absolute Gasteiger partial charge is 0.462 e. The van der Waals surface area contributed by atoms with E-state index in [4.69, 9.17) is 9.47 Å². The first-order chi connectivity index (χ1) is 16.0. The lowest BCUT2D eigenvalue weighted by atomic mass is 10.2. The third kappa shape index (κ3) is 5.61. The average molecular weight is 468 g/mol. The van der Waals surface area contributed by atoms with Crippen molar-refractivity contribution in [1.29, 1.82) is 0 Å². The maximum Gasteiger partial charge on any atom is 0.338 e. The van der Waals surface area contributed by atoms with Gasteiger partial charge in [-0.3, -0.25) is 14.2 Å². The highest BCUT2D eigenvalue weighted by Gasteiger charge is 2.20. The Morgan fingerprint density at radius 1 is 1.24 bits per heavy atom. The number of nitrogens with one attached hydrogen (secondary N) is 1. The van der Waals surface area contributed by atoms with Gasteiger partial charge in [0.05, 0.1) is 41.5 Å². The number of esters is 1. The smallest absolute Gasteiger partial charge is 0.338 e. The molecule has 1 aliphatic rings. The van der Waals surface area contributed by atoms with Crippen LogP contribution in [0, 0.1) is 0 Å². The van der Waals surface area contributed by atoms with E-state index in [2.05, 4.69) is 10.3 Å². The van der Waals surface area contributed by atoms with Gasteiger partial charge in [0.2, 0.25) is 5.91 Å². The first kappa shape index (κ1) is 23.0. The summed E-state index contributed by atoms with van der Waals surface area (Å²) in [6.07, 6.45) is 1.82. The first-order valence-electron chi connectivity index (χ1n) is 10.9. The number of amides is 1. The van der Waals surface area contributed by atoms with Crippen molar-refractivity contribution in [3.63, 3.8) is 0 Å². The van der Waals surface area contributed by atoms with Crippen molar-refractivity contribution in [2.24, 2.45) is 0 Å². The van der Waals surface area contributed by atoms with Crippen LogP contribution in [0.2, 0.25) is 0 Å². The second-order valence-corrected chi connectivity index (χ2v) is 8.54. The Balaban J connectivity index is 1.50. The van der Waals surface area contributed by atoms with Crippen LogP contribution < -0.4 is 10.9 Å². The summed E-state index contributed by atoms with van der Waals surface area (Å²) in [7, 11) is 0. The molecule has 1 aromatic heterocycles. The molecule has 1 amide bonds. The molecule has 172 valence electrons. The standard InChI is InChI=1S/C24H25N3O5S/c1-2-31-23(30)16-7-5-8-17(13-16)25-21(28)15-33-24-26-20-11-4-3-10-19(20)22(29)27(24)14-18-9-6-12-32-18/h3-5,7-8,10-11,13,18H,2,6,9,12,14-15H2,1H3,(H,25,28). The molecule has 2 heterocycles. The molecule has 0 aliphatic carbocycles. The van der Waals surface area contributed by atoms with Gasteiger partial charge in [0.25, 0.3) is 5.56 Å². The van der Waals surface area contributed by atoms with E-state index in [1.54, 1.807) is 47.9 Å². The Bertz CT molecular complexity index is 1220. The number of para-hydroxylation sites is 1. The van der Waals surface area contributed by atoms with Gasteiger partial charge in [0.15, 0.2) is 5.16 Å². The summed E-state index contributed by atoms with van der Waals surface area (Å²) in [5.41, 5.74) is 1.32. The van der Waals surface area contributed by atoms with E-state index >= 15 is 0 Å². The second-order valence-electron chi connectivity index (χ2n) is 7.60. The predicted octanol–water partition coefficient (Wildman–Crippen LogP) is 3.48. The van der Waals surface area contributed by atoms with Crippen molar-refractivity contribution >= 4 is 40.2 Å². The summed E-state index contributed by atoms with van der Waals surface area (Å²) in [6.45, 7) is 3.11. The van der Waals surface area contributed by atoms with E-state index in [0.717, 1.165) is 12.8 Å². The number of nitrogens with zero attached hydrogens (tertiary/aromatic N) is 2. The third-order valence-electron chi connectivity index (χ3n) is 5.23. The van der Waals surface area contributed by atoms with Crippen LogP contribution in [0.4, 0.5) is 5.69 Å². The highest BCUT2D eigenvalue weighted by Crippen LogP contribution is 2.21. The quantitative estimate of drug-likeness (QED) is 0.308. The minimum Gasteiger partial charge on any atom is -0.462 e. The van der Waals surface area contributed by atoms with Crippen molar-refractivity contribution < 1.29 is 19.1 Å². The molecule has 8 nitrogen and oxygen atoms in total. The van der Waals surface area contributed by atoms with Gasteiger partial charge in [0, 0.05) is 12.3 Å². The highest BCUT2D eigenvalue weighted by molar-refractivity contribution is 7.99. The number of rotatable bonds is 8. The first-order valence-corrected chi connectivity index (χ1v) is 11.8. The number of anilines is 1. The number of carbonyl (C=O) groups excluding carboxylic acids is 2. The fourth-order valence-corrected chi connectivity index (χ4v) is 4.48. The fraction of sp³-hybridized carbons (Fsp3) is 0.333. The number of thioether (sulfide) groups is 1. The molecule has 0 radical (unpaired) electrons. The highest BCUT2D eigenvalue weighted by atomic mass is 32.2. The number of hydrogen-bond donors (Lipinski definition) is 1. The Morgan fingerprint density at radius 2 is 2.09 bits per heavy atom. The van der Waals surface area contributed by atoms with Crippen molar-refractivity contribution in [3.8, 4) is 0 Å². The van der Waals surface area contributed by atoms with E-state index in [1.165, 1.54) is 11.8 Å². The summed E-state index contributed by atoms with van der Waals surface area (Å²) < 4.78 is 12.3. The number of benzene rings is 2. The number of ether oxygens (including phenoxy) is 2. The van der Waals surface area contributed by atoms with Gasteiger partial charge in [-0.15, -0.1) is 0 Å². The van der Waals surface area contributed by atoms with Gasteiger partial charge in [-0.1, -0.05) is 30.0 Å². The van der Waals surface area contributed by atoms with E-state index in [0.29, 0.717) is 40.5 Å². The predicted molar refractivity (Wildman–Crippen MR) is 127 cm³/mol. The van der Waals surface area contributed by atoms with Gasteiger partial charge in [-0.25, -0.2) is 9.78 Å². The zero-order valence-corrected chi connectivity index (χ0v) is 19.1. The lowest BCUT2D eigenvalue weighted by Crippen LogP contribution is -2.29. The average Bonchev–Trinajstić information content (AvgIpc) is 3.33. The number of carbonyl (C=O) groups is 2. The van der Waals surface area contributed by atoms with Crippen molar-refractivity contribution in [1.82, 2.24) is 9.55 Å². The molecule has 0 saturated carbocycles. The molecule has 33 heavy (non-hydrogen) atoms. The number of fused-ring (bicyclic) bond motifs is 1. The fourth-order valence-electron chi connectivity index (χ4n) is 3.68. The van der Waals surface area contributed by atoms with Gasteiger partial charge in [-0.2, -0.15) is 0 Å². The Labute approximate surface area is 195 Å². The van der Waals surface area contributed by atoms with Gasteiger partial charge >= 0.3 is 5.97 Å². The van der Waals surface area contributed by atoms with Crippen LogP contribution >= 0.6 is 11.8 Å². The molecule has 1 fully saturated rings. The molecular formula is C24H25N3O5S. The molecule has 1 unspecified atom stereocenters. The van der Waals surface area contributed by atoms with E-state index < -0.39 is 5.97 Å². The zero-order chi connectivity index (χ0) is 23.2. The molecule has 4 rings (SSSR count). The zero-order valence-electron chi connectivity index (χ0n) is 18.3. The van der Waals surface area contributed by atoms with Gasteiger partial charge < -0.3 is 14.8 Å². The summed E-state index contributed by atoms with van der Waals surface area (Å²) in [4.78, 5) is 42.3. The molecule has 1 saturated heterocycles. The molecule has 2 aromatic carbocycles. The third-order valence-corrected chi connectivity index (χ3v) is 6.20. The van der Waals surface area contributed by atoms with Crippen LogP contribution in [-0.4, -0.2) is 46.5 Å². The summed E-state index contributed by atoms with van der Waals surface area (Å²) in [6, 6.07) is 13.8. The normalized spacial score (nSPS) is 15.5. The maximum absolute atomic E-state index is 13.1. The van der Waals surface area contributed by atoms with E-state index in [-0.39, 0.29) is 29.9 Å². The van der Waals surface area contributed by atoms with Crippen LogP contribution in [0.25, 0.3) is 10.9 Å². The van der Waals surface area contributed by atoms with Crippen LogP contribution in [-0.2, 0) is 20.8 Å². The van der Waals surface area contributed by atoms with E-state index in [9.17, 15) is 14.4 Å². The van der Waals surface area contributed by atoms with Crippen LogP contribution in [0.1, 0.15) is 30.1 Å². The number of aromatic nitrogens is 2. The Kier molecular flexibility index (Phi) is 7.41. The summed E-state index contributed by atoms with van der Waals surface area (Å²) in [5, 5.41) is 3.80. The molecule has 1 N–H and O–H groups in total. The molecule has 0 bridgehead atoms. The van der Waals surface area contributed by atoms with Gasteiger partial charge in [0.1, 0.15) is 0 Å². The lowest BCUT2D eigenvalue weighted by molar-refractivity contribution is -0.113. The van der Waals surface area contributed by atoms with Crippen molar-refractivity contribution in [2.75, 3.05) is 24.3 Å². The molecule has 1 aliphatic heterocycles. The van der Waals surface area contributed by atoms with Crippen LogP contribution in [0.5, 0.6) is 0 Å². The van der Waals surface area contributed by atoms with Gasteiger partial charge in [-0.05, 0) is 50.1 Å².